The van der Waals surface area contributed by atoms with Gasteiger partial charge in [-0.05, 0) is 18.2 Å². The number of nitrogens with zero attached hydrogens (tertiary/aromatic N) is 1. The third-order valence-electron chi connectivity index (χ3n) is 2.51. The van der Waals surface area contributed by atoms with Crippen LogP contribution in [0.4, 0.5) is 18.9 Å². The van der Waals surface area contributed by atoms with E-state index in [1.54, 1.807) is 12.1 Å². The largest absolute Gasteiger partial charge is 0.573 e. The average Bonchev–Trinajstić information content (AvgIpc) is 2.37. The van der Waals surface area contributed by atoms with Crippen molar-refractivity contribution in [1.82, 2.24) is 4.98 Å². The number of hydrogen-bond donors (Lipinski definition) is 1. The van der Waals surface area contributed by atoms with Gasteiger partial charge in [-0.3, -0.25) is 0 Å². The molecule has 1 aromatic carbocycles. The first-order valence-corrected chi connectivity index (χ1v) is 5.55. The highest BCUT2D eigenvalue weighted by Gasteiger charge is 2.31. The quantitative estimate of drug-likeness (QED) is 0.879. The van der Waals surface area contributed by atoms with Gasteiger partial charge in [0.25, 0.3) is 0 Å². The maximum absolute atomic E-state index is 12.1. The number of methoxy groups -OCH3 is 1. The number of ether oxygens (including phenoxy) is 2. The van der Waals surface area contributed by atoms with E-state index in [2.05, 4.69) is 9.72 Å². The number of halogens is 3. The maximum atomic E-state index is 12.1. The summed E-state index contributed by atoms with van der Waals surface area (Å²) >= 11 is 0. The number of nitrogen functional groups attached to an aromatic ring is 1. The Morgan fingerprint density at radius 1 is 1.15 bits per heavy atom. The summed E-state index contributed by atoms with van der Waals surface area (Å²) in [7, 11) is 1.49. The molecule has 4 nitrogen and oxygen atoms in total. The Morgan fingerprint density at radius 2 is 1.90 bits per heavy atom. The minimum atomic E-state index is -4.74. The van der Waals surface area contributed by atoms with E-state index in [4.69, 9.17) is 10.5 Å². The molecule has 0 aliphatic heterocycles. The highest BCUT2D eigenvalue weighted by molar-refractivity contribution is 5.77. The molecule has 0 saturated heterocycles. The van der Waals surface area contributed by atoms with Crippen molar-refractivity contribution in [2.45, 2.75) is 6.36 Å². The number of alkyl halides is 3. The Bertz CT molecular complexity index is 598. The second-order valence-corrected chi connectivity index (χ2v) is 3.89. The number of nitrogens with two attached hydrogens (primary N) is 1. The molecule has 20 heavy (non-hydrogen) atoms. The van der Waals surface area contributed by atoms with Crippen molar-refractivity contribution in [2.75, 3.05) is 12.8 Å². The summed E-state index contributed by atoms with van der Waals surface area (Å²) < 4.78 is 45.0. The van der Waals surface area contributed by atoms with Crippen LogP contribution in [0.3, 0.4) is 0 Å². The van der Waals surface area contributed by atoms with Crippen LogP contribution in [0.2, 0.25) is 0 Å². The molecule has 7 heteroatoms. The van der Waals surface area contributed by atoms with Gasteiger partial charge in [0.05, 0.1) is 7.11 Å². The molecule has 1 heterocycles. The van der Waals surface area contributed by atoms with Gasteiger partial charge in [-0.2, -0.15) is 0 Å². The van der Waals surface area contributed by atoms with Gasteiger partial charge in [0, 0.05) is 35.1 Å². The van der Waals surface area contributed by atoms with Crippen LogP contribution in [0, 0.1) is 0 Å². The predicted molar refractivity (Wildman–Crippen MR) is 67.3 cm³/mol. The van der Waals surface area contributed by atoms with Crippen molar-refractivity contribution in [3.8, 4) is 22.8 Å². The van der Waals surface area contributed by atoms with Gasteiger partial charge < -0.3 is 15.2 Å². The van der Waals surface area contributed by atoms with Gasteiger partial charge in [-0.15, -0.1) is 13.2 Å². The van der Waals surface area contributed by atoms with Crippen LogP contribution in [0.15, 0.2) is 36.5 Å². The van der Waals surface area contributed by atoms with E-state index in [9.17, 15) is 13.2 Å². The molecular formula is C13H11F3N2O2. The molecule has 2 N–H and O–H groups in total. The minimum Gasteiger partial charge on any atom is -0.481 e. The lowest BCUT2D eigenvalue weighted by atomic mass is 10.1. The molecule has 0 saturated carbocycles. The fourth-order valence-electron chi connectivity index (χ4n) is 1.66. The zero-order valence-electron chi connectivity index (χ0n) is 10.4. The van der Waals surface area contributed by atoms with Crippen LogP contribution in [0.5, 0.6) is 11.6 Å². The molecule has 106 valence electrons. The van der Waals surface area contributed by atoms with Crippen molar-refractivity contribution in [3.05, 3.63) is 36.5 Å². The van der Waals surface area contributed by atoms with Crippen molar-refractivity contribution in [1.29, 1.82) is 0 Å². The number of anilines is 1. The SMILES string of the molecule is COc1ccc(-c2ccc(OC(F)(F)F)cc2N)cn1. The molecule has 0 bridgehead atoms. The summed E-state index contributed by atoms with van der Waals surface area (Å²) in [5, 5.41) is 0. The second-order valence-electron chi connectivity index (χ2n) is 3.89. The topological polar surface area (TPSA) is 57.4 Å². The lowest BCUT2D eigenvalue weighted by Gasteiger charge is -2.11. The third kappa shape index (κ3) is 3.31. The summed E-state index contributed by atoms with van der Waals surface area (Å²) in [6.07, 6.45) is -3.22. The van der Waals surface area contributed by atoms with E-state index in [1.165, 1.54) is 25.4 Å². The van der Waals surface area contributed by atoms with Gasteiger partial charge in [0.15, 0.2) is 0 Å². The fraction of sp³-hybridized carbons (Fsp3) is 0.154. The number of hydrogen-bond acceptors (Lipinski definition) is 4. The van der Waals surface area contributed by atoms with Crippen LogP contribution < -0.4 is 15.2 Å². The maximum Gasteiger partial charge on any atom is 0.573 e. The number of pyridine rings is 1. The van der Waals surface area contributed by atoms with Crippen molar-refractivity contribution in [3.63, 3.8) is 0 Å². The van der Waals surface area contributed by atoms with Crippen LogP contribution in [0.25, 0.3) is 11.1 Å². The predicted octanol–water partition coefficient (Wildman–Crippen LogP) is 3.24. The average molecular weight is 284 g/mol. The molecule has 0 radical (unpaired) electrons. The van der Waals surface area contributed by atoms with Crippen molar-refractivity contribution in [2.24, 2.45) is 0 Å². The molecule has 0 amide bonds. The van der Waals surface area contributed by atoms with Gasteiger partial charge in [-0.1, -0.05) is 0 Å². The van der Waals surface area contributed by atoms with Crippen LogP contribution in [-0.4, -0.2) is 18.5 Å². The Kier molecular flexibility index (Phi) is 3.69. The molecule has 2 aromatic rings. The van der Waals surface area contributed by atoms with E-state index in [0.29, 0.717) is 17.0 Å². The standard InChI is InChI=1S/C13H11F3N2O2/c1-19-12-5-2-8(7-18-12)10-4-3-9(6-11(10)17)20-13(14,15)16/h2-7H,17H2,1H3. The first kappa shape index (κ1) is 14.0. The summed E-state index contributed by atoms with van der Waals surface area (Å²) in [6.45, 7) is 0. The van der Waals surface area contributed by atoms with Crippen LogP contribution in [-0.2, 0) is 0 Å². The highest BCUT2D eigenvalue weighted by Crippen LogP contribution is 2.31. The Labute approximate surface area is 113 Å². The first-order chi connectivity index (χ1) is 9.39. The summed E-state index contributed by atoms with van der Waals surface area (Å²) in [5.74, 6) is 0.0737. The molecule has 1 aromatic heterocycles. The van der Waals surface area contributed by atoms with Crippen LogP contribution in [0.1, 0.15) is 0 Å². The fourth-order valence-corrected chi connectivity index (χ4v) is 1.66. The highest BCUT2D eigenvalue weighted by atomic mass is 19.4. The minimum absolute atomic E-state index is 0.165. The molecule has 0 spiro atoms. The molecule has 0 atom stereocenters. The summed E-state index contributed by atoms with van der Waals surface area (Å²) in [5.41, 5.74) is 7.13. The van der Waals surface area contributed by atoms with Crippen molar-refractivity contribution < 1.29 is 22.6 Å². The first-order valence-electron chi connectivity index (χ1n) is 5.55. The number of aromatic nitrogens is 1. The van der Waals surface area contributed by atoms with Gasteiger partial charge in [-0.25, -0.2) is 4.98 Å². The van der Waals surface area contributed by atoms with E-state index in [0.717, 1.165) is 6.07 Å². The summed E-state index contributed by atoms with van der Waals surface area (Å²) in [6, 6.07) is 7.10. The van der Waals surface area contributed by atoms with Gasteiger partial charge in [0.1, 0.15) is 5.75 Å². The Morgan fingerprint density at radius 3 is 2.40 bits per heavy atom. The van der Waals surface area contributed by atoms with Crippen molar-refractivity contribution >= 4 is 5.69 Å². The Hall–Kier alpha value is -2.44. The lowest BCUT2D eigenvalue weighted by molar-refractivity contribution is -0.274. The number of rotatable bonds is 3. The molecular weight excluding hydrogens is 273 g/mol. The van der Waals surface area contributed by atoms with E-state index >= 15 is 0 Å². The monoisotopic (exact) mass is 284 g/mol. The van der Waals surface area contributed by atoms with E-state index < -0.39 is 6.36 Å². The van der Waals surface area contributed by atoms with Gasteiger partial charge in [0.2, 0.25) is 5.88 Å². The zero-order valence-corrected chi connectivity index (χ0v) is 10.4. The normalized spacial score (nSPS) is 11.2. The van der Waals surface area contributed by atoms with Gasteiger partial charge >= 0.3 is 6.36 Å². The lowest BCUT2D eigenvalue weighted by Crippen LogP contribution is -2.17. The molecule has 2 rings (SSSR count). The van der Waals surface area contributed by atoms with E-state index in [1.807, 2.05) is 0 Å². The molecule has 0 aliphatic rings. The molecule has 0 aliphatic carbocycles. The molecule has 0 unspecified atom stereocenters. The second kappa shape index (κ2) is 5.28. The number of benzene rings is 1. The van der Waals surface area contributed by atoms with Crippen LogP contribution >= 0.6 is 0 Å². The smallest absolute Gasteiger partial charge is 0.481 e. The third-order valence-corrected chi connectivity index (χ3v) is 2.51. The Balaban J connectivity index is 2.29. The van der Waals surface area contributed by atoms with E-state index in [-0.39, 0.29) is 11.4 Å². The zero-order chi connectivity index (χ0) is 14.8. The molecule has 0 fully saturated rings. The summed E-state index contributed by atoms with van der Waals surface area (Å²) in [4.78, 5) is 4.01.